The highest BCUT2D eigenvalue weighted by molar-refractivity contribution is 5.77. The van der Waals surface area contributed by atoms with Gasteiger partial charge in [0.15, 0.2) is 0 Å². The van der Waals surface area contributed by atoms with Crippen LogP contribution in [0, 0.1) is 0 Å². The minimum Gasteiger partial charge on any atom is -0.497 e. The Bertz CT molecular complexity index is 734. The fourth-order valence-electron chi connectivity index (χ4n) is 3.55. The molecule has 1 atom stereocenters. The van der Waals surface area contributed by atoms with Crippen molar-refractivity contribution in [3.63, 3.8) is 0 Å². The van der Waals surface area contributed by atoms with Crippen LogP contribution in [0.5, 0.6) is 11.5 Å². The van der Waals surface area contributed by atoms with Gasteiger partial charge in [-0.2, -0.15) is 0 Å². The quantitative estimate of drug-likeness (QED) is 0.804. The molecule has 1 aliphatic rings. The van der Waals surface area contributed by atoms with E-state index in [2.05, 4.69) is 24.3 Å². The van der Waals surface area contributed by atoms with Crippen molar-refractivity contribution in [1.82, 2.24) is 4.90 Å². The number of carbonyl (C=O) groups is 1. The molecule has 0 spiro atoms. The van der Waals surface area contributed by atoms with Gasteiger partial charge in [0.25, 0.3) is 0 Å². The maximum atomic E-state index is 12.7. The van der Waals surface area contributed by atoms with Crippen molar-refractivity contribution in [2.45, 2.75) is 31.7 Å². The summed E-state index contributed by atoms with van der Waals surface area (Å²) in [5, 5.41) is 0. The second kappa shape index (κ2) is 7.60. The third-order valence-electron chi connectivity index (χ3n) is 5.00. The predicted octanol–water partition coefficient (Wildman–Crippen LogP) is 3.78. The maximum absolute atomic E-state index is 12.7. The van der Waals surface area contributed by atoms with E-state index in [0.717, 1.165) is 29.9 Å². The van der Waals surface area contributed by atoms with Crippen LogP contribution < -0.4 is 9.47 Å². The molecular formula is C21H25NO3. The zero-order chi connectivity index (χ0) is 17.8. The largest absolute Gasteiger partial charge is 0.497 e. The van der Waals surface area contributed by atoms with Crippen LogP contribution in [0.4, 0.5) is 0 Å². The fourth-order valence-corrected chi connectivity index (χ4v) is 3.55. The van der Waals surface area contributed by atoms with Crippen LogP contribution in [0.25, 0.3) is 0 Å². The number of aryl methyl sites for hydroxylation is 2. The summed E-state index contributed by atoms with van der Waals surface area (Å²) in [5.41, 5.74) is 3.70. The Hall–Kier alpha value is -2.49. The molecule has 0 fully saturated rings. The molecule has 0 bridgehead atoms. The van der Waals surface area contributed by atoms with Gasteiger partial charge in [-0.1, -0.05) is 24.3 Å². The van der Waals surface area contributed by atoms with Gasteiger partial charge in [-0.05, 0) is 48.1 Å². The van der Waals surface area contributed by atoms with Crippen molar-refractivity contribution in [2.75, 3.05) is 21.3 Å². The summed E-state index contributed by atoms with van der Waals surface area (Å²) in [6.45, 7) is 0. The maximum Gasteiger partial charge on any atom is 0.223 e. The SMILES string of the molecule is COc1cc(CCC(=O)N(C)C2CCc3ccccc32)cc(OC)c1. The van der Waals surface area contributed by atoms with E-state index >= 15 is 0 Å². The molecule has 0 N–H and O–H groups in total. The first-order chi connectivity index (χ1) is 12.1. The van der Waals surface area contributed by atoms with Crippen LogP contribution in [0.2, 0.25) is 0 Å². The first-order valence-corrected chi connectivity index (χ1v) is 8.67. The molecular weight excluding hydrogens is 314 g/mol. The normalized spacial score (nSPS) is 15.6. The second-order valence-electron chi connectivity index (χ2n) is 6.48. The van der Waals surface area contributed by atoms with Gasteiger partial charge in [-0.15, -0.1) is 0 Å². The summed E-state index contributed by atoms with van der Waals surface area (Å²) >= 11 is 0. The molecule has 0 aromatic heterocycles. The monoisotopic (exact) mass is 339 g/mol. The second-order valence-corrected chi connectivity index (χ2v) is 6.48. The Labute approximate surface area is 149 Å². The molecule has 0 heterocycles. The molecule has 25 heavy (non-hydrogen) atoms. The minimum absolute atomic E-state index is 0.170. The van der Waals surface area contributed by atoms with E-state index in [1.165, 1.54) is 11.1 Å². The van der Waals surface area contributed by atoms with Gasteiger partial charge < -0.3 is 14.4 Å². The Morgan fingerprint density at radius 3 is 2.48 bits per heavy atom. The number of nitrogens with zero attached hydrogens (tertiary/aromatic N) is 1. The van der Waals surface area contributed by atoms with Crippen LogP contribution in [-0.4, -0.2) is 32.1 Å². The Morgan fingerprint density at radius 2 is 1.80 bits per heavy atom. The lowest BCUT2D eigenvalue weighted by Gasteiger charge is -2.25. The molecule has 2 aromatic carbocycles. The molecule has 1 aliphatic carbocycles. The number of hydrogen-bond acceptors (Lipinski definition) is 3. The molecule has 0 saturated heterocycles. The van der Waals surface area contributed by atoms with Crippen molar-refractivity contribution in [3.05, 3.63) is 59.2 Å². The third kappa shape index (κ3) is 3.78. The molecule has 3 rings (SSSR count). The Morgan fingerprint density at radius 1 is 1.12 bits per heavy atom. The topological polar surface area (TPSA) is 38.8 Å². The number of ether oxygens (including phenoxy) is 2. The van der Waals surface area contributed by atoms with Gasteiger partial charge in [0.1, 0.15) is 11.5 Å². The van der Waals surface area contributed by atoms with E-state index in [1.807, 2.05) is 30.1 Å². The Balaban J connectivity index is 1.65. The molecule has 0 saturated carbocycles. The molecule has 132 valence electrons. The summed E-state index contributed by atoms with van der Waals surface area (Å²) < 4.78 is 10.6. The summed E-state index contributed by atoms with van der Waals surface area (Å²) in [4.78, 5) is 14.6. The van der Waals surface area contributed by atoms with E-state index in [0.29, 0.717) is 12.8 Å². The molecule has 4 nitrogen and oxygen atoms in total. The highest BCUT2D eigenvalue weighted by Gasteiger charge is 2.27. The molecule has 4 heteroatoms. The van der Waals surface area contributed by atoms with E-state index < -0.39 is 0 Å². The van der Waals surface area contributed by atoms with Gasteiger partial charge >= 0.3 is 0 Å². The zero-order valence-corrected chi connectivity index (χ0v) is 15.1. The van der Waals surface area contributed by atoms with Crippen molar-refractivity contribution < 1.29 is 14.3 Å². The first-order valence-electron chi connectivity index (χ1n) is 8.67. The Kier molecular flexibility index (Phi) is 5.27. The third-order valence-corrected chi connectivity index (χ3v) is 5.00. The van der Waals surface area contributed by atoms with E-state index in [1.54, 1.807) is 14.2 Å². The van der Waals surface area contributed by atoms with Crippen LogP contribution in [0.1, 0.15) is 35.6 Å². The predicted molar refractivity (Wildman–Crippen MR) is 98.1 cm³/mol. The van der Waals surface area contributed by atoms with E-state index in [-0.39, 0.29) is 11.9 Å². The average molecular weight is 339 g/mol. The standard InChI is InChI=1S/C21H25NO3/c1-22(20-10-9-16-6-4-5-7-19(16)20)21(23)11-8-15-12-17(24-2)14-18(13-15)25-3/h4-7,12-14,20H,8-11H2,1-3H3. The number of carbonyl (C=O) groups excluding carboxylic acids is 1. The molecule has 1 unspecified atom stereocenters. The zero-order valence-electron chi connectivity index (χ0n) is 15.1. The van der Waals surface area contributed by atoms with Crippen molar-refractivity contribution in [1.29, 1.82) is 0 Å². The fraction of sp³-hybridized carbons (Fsp3) is 0.381. The lowest BCUT2D eigenvalue weighted by Crippen LogP contribution is -2.30. The van der Waals surface area contributed by atoms with Crippen LogP contribution in [-0.2, 0) is 17.6 Å². The lowest BCUT2D eigenvalue weighted by molar-refractivity contribution is -0.132. The number of fused-ring (bicyclic) bond motifs is 1. The number of benzene rings is 2. The summed E-state index contributed by atoms with van der Waals surface area (Å²) in [6.07, 6.45) is 3.21. The number of hydrogen-bond donors (Lipinski definition) is 0. The number of rotatable bonds is 6. The van der Waals surface area contributed by atoms with Crippen LogP contribution in [0.3, 0.4) is 0 Å². The number of methoxy groups -OCH3 is 2. The van der Waals surface area contributed by atoms with E-state index in [4.69, 9.17) is 9.47 Å². The lowest BCUT2D eigenvalue weighted by atomic mass is 10.1. The van der Waals surface area contributed by atoms with Gasteiger partial charge in [0.2, 0.25) is 5.91 Å². The summed E-state index contributed by atoms with van der Waals surface area (Å²) in [7, 11) is 5.19. The van der Waals surface area contributed by atoms with Gasteiger partial charge in [0, 0.05) is 19.5 Å². The molecule has 0 aliphatic heterocycles. The molecule has 1 amide bonds. The van der Waals surface area contributed by atoms with Crippen LogP contribution in [0.15, 0.2) is 42.5 Å². The van der Waals surface area contributed by atoms with Gasteiger partial charge in [0.05, 0.1) is 20.3 Å². The highest BCUT2D eigenvalue weighted by Crippen LogP contribution is 2.35. The van der Waals surface area contributed by atoms with Crippen molar-refractivity contribution in [3.8, 4) is 11.5 Å². The van der Waals surface area contributed by atoms with Crippen molar-refractivity contribution in [2.24, 2.45) is 0 Å². The average Bonchev–Trinajstić information content (AvgIpc) is 3.09. The number of amides is 1. The van der Waals surface area contributed by atoms with Gasteiger partial charge in [-0.25, -0.2) is 0 Å². The molecule has 0 radical (unpaired) electrons. The van der Waals surface area contributed by atoms with Crippen LogP contribution >= 0.6 is 0 Å². The summed E-state index contributed by atoms with van der Waals surface area (Å²) in [5.74, 6) is 1.67. The van der Waals surface area contributed by atoms with Crippen molar-refractivity contribution >= 4 is 5.91 Å². The highest BCUT2D eigenvalue weighted by atomic mass is 16.5. The van der Waals surface area contributed by atoms with Gasteiger partial charge in [-0.3, -0.25) is 4.79 Å². The minimum atomic E-state index is 0.170. The molecule has 2 aromatic rings. The first kappa shape index (κ1) is 17.3. The van der Waals surface area contributed by atoms with E-state index in [9.17, 15) is 4.79 Å². The summed E-state index contributed by atoms with van der Waals surface area (Å²) in [6, 6.07) is 14.4. The smallest absolute Gasteiger partial charge is 0.223 e.